The van der Waals surface area contributed by atoms with Crippen LogP contribution >= 0.6 is 0 Å². The SMILES string of the molecule is C=CC(=O)NC(C(C)CCCCCCCCCC)S(=O)(=O)[O-].[Na+]. The number of carbonyl (C=O) groups is 1. The minimum absolute atomic E-state index is 0. The van der Waals surface area contributed by atoms with Crippen LogP contribution in [0, 0.1) is 5.92 Å². The van der Waals surface area contributed by atoms with E-state index in [1.807, 2.05) is 0 Å². The first-order valence-corrected chi connectivity index (χ1v) is 9.67. The van der Waals surface area contributed by atoms with Gasteiger partial charge in [-0.25, -0.2) is 8.42 Å². The summed E-state index contributed by atoms with van der Waals surface area (Å²) in [6.45, 7) is 7.14. The van der Waals surface area contributed by atoms with Crippen molar-refractivity contribution in [1.29, 1.82) is 0 Å². The van der Waals surface area contributed by atoms with Crippen LogP contribution in [0.5, 0.6) is 0 Å². The molecule has 0 spiro atoms. The number of nitrogens with one attached hydrogen (secondary N) is 1. The number of hydrogen-bond acceptors (Lipinski definition) is 4. The summed E-state index contributed by atoms with van der Waals surface area (Å²) in [5, 5.41) is 0.852. The quantitative estimate of drug-likeness (QED) is 0.223. The van der Waals surface area contributed by atoms with E-state index in [0.29, 0.717) is 6.42 Å². The first kappa shape index (κ1) is 25.4. The number of unbranched alkanes of at least 4 members (excludes halogenated alkanes) is 7. The molecule has 2 atom stereocenters. The fourth-order valence-electron chi connectivity index (χ4n) is 2.45. The third-order valence-corrected chi connectivity index (χ3v) is 5.02. The fraction of sp³-hybridized carbons (Fsp3) is 0.812. The molecule has 23 heavy (non-hydrogen) atoms. The van der Waals surface area contributed by atoms with Gasteiger partial charge < -0.3 is 9.87 Å². The predicted octanol–water partition coefficient (Wildman–Crippen LogP) is 0.331. The maximum absolute atomic E-state index is 11.3. The Morgan fingerprint density at radius 1 is 1.13 bits per heavy atom. The van der Waals surface area contributed by atoms with Gasteiger partial charge in [0.15, 0.2) is 0 Å². The number of rotatable bonds is 13. The Balaban J connectivity index is 0. The molecule has 130 valence electrons. The molecule has 2 unspecified atom stereocenters. The molecule has 0 aliphatic heterocycles. The van der Waals surface area contributed by atoms with Crippen LogP contribution in [0.25, 0.3) is 0 Å². The Morgan fingerprint density at radius 3 is 2.04 bits per heavy atom. The third-order valence-electron chi connectivity index (χ3n) is 3.81. The summed E-state index contributed by atoms with van der Waals surface area (Å²) in [6.07, 6.45) is 10.8. The molecule has 0 aromatic heterocycles. The summed E-state index contributed by atoms with van der Waals surface area (Å²) in [7, 11) is -4.56. The van der Waals surface area contributed by atoms with E-state index in [2.05, 4.69) is 18.8 Å². The maximum atomic E-state index is 11.3. The predicted molar refractivity (Wildman–Crippen MR) is 88.2 cm³/mol. The van der Waals surface area contributed by atoms with Gasteiger partial charge in [0.2, 0.25) is 5.91 Å². The monoisotopic (exact) mass is 355 g/mol. The van der Waals surface area contributed by atoms with E-state index in [4.69, 9.17) is 0 Å². The zero-order valence-electron chi connectivity index (χ0n) is 14.8. The van der Waals surface area contributed by atoms with Crippen LogP contribution in [0.3, 0.4) is 0 Å². The number of amides is 1. The van der Waals surface area contributed by atoms with Crippen molar-refractivity contribution in [3.05, 3.63) is 12.7 Å². The first-order valence-electron chi connectivity index (χ1n) is 8.20. The van der Waals surface area contributed by atoms with E-state index in [-0.39, 0.29) is 29.6 Å². The molecular formula is C16H30NNaO4S. The van der Waals surface area contributed by atoms with Crippen LogP contribution in [0.4, 0.5) is 0 Å². The maximum Gasteiger partial charge on any atom is 1.00 e. The minimum Gasteiger partial charge on any atom is -0.746 e. The first-order chi connectivity index (χ1) is 10.3. The summed E-state index contributed by atoms with van der Waals surface area (Å²) >= 11 is 0. The molecule has 0 fully saturated rings. The molecule has 0 aromatic rings. The van der Waals surface area contributed by atoms with Gasteiger partial charge in [-0.15, -0.1) is 0 Å². The smallest absolute Gasteiger partial charge is 0.746 e. The van der Waals surface area contributed by atoms with Gasteiger partial charge in [0.05, 0.1) is 0 Å². The summed E-state index contributed by atoms with van der Waals surface area (Å²) in [5.74, 6) is -1.03. The molecule has 0 bridgehead atoms. The van der Waals surface area contributed by atoms with Gasteiger partial charge in [0, 0.05) is 0 Å². The average Bonchev–Trinajstić information content (AvgIpc) is 2.45. The normalized spacial score (nSPS) is 13.7. The molecule has 0 aliphatic rings. The van der Waals surface area contributed by atoms with E-state index < -0.39 is 27.3 Å². The van der Waals surface area contributed by atoms with Crippen LogP contribution < -0.4 is 34.9 Å². The number of carbonyl (C=O) groups excluding carboxylic acids is 1. The third kappa shape index (κ3) is 13.1. The molecular weight excluding hydrogens is 325 g/mol. The Labute approximate surface area is 163 Å². The van der Waals surface area contributed by atoms with Crippen molar-refractivity contribution >= 4 is 16.0 Å². The van der Waals surface area contributed by atoms with Crippen molar-refractivity contribution in [3.63, 3.8) is 0 Å². The number of hydrogen-bond donors (Lipinski definition) is 1. The van der Waals surface area contributed by atoms with Crippen molar-refractivity contribution in [1.82, 2.24) is 5.32 Å². The van der Waals surface area contributed by atoms with E-state index >= 15 is 0 Å². The molecule has 0 aromatic carbocycles. The van der Waals surface area contributed by atoms with E-state index in [9.17, 15) is 17.8 Å². The molecule has 5 nitrogen and oxygen atoms in total. The average molecular weight is 355 g/mol. The molecule has 0 heterocycles. The van der Waals surface area contributed by atoms with Crippen LogP contribution in [0.2, 0.25) is 0 Å². The summed E-state index contributed by atoms with van der Waals surface area (Å²) in [6, 6.07) is 0. The van der Waals surface area contributed by atoms with Gasteiger partial charge in [-0.1, -0.05) is 71.8 Å². The molecule has 1 N–H and O–H groups in total. The van der Waals surface area contributed by atoms with Crippen molar-refractivity contribution in [2.75, 3.05) is 0 Å². The van der Waals surface area contributed by atoms with Gasteiger partial charge in [-0.05, 0) is 18.4 Å². The Hall–Kier alpha value is 0.120. The van der Waals surface area contributed by atoms with Crippen molar-refractivity contribution in [3.8, 4) is 0 Å². The topological polar surface area (TPSA) is 86.3 Å². The molecule has 0 rings (SSSR count). The van der Waals surface area contributed by atoms with Crippen molar-refractivity contribution in [2.24, 2.45) is 5.92 Å². The molecule has 0 aliphatic carbocycles. The molecule has 0 saturated heterocycles. The minimum atomic E-state index is -4.56. The largest absolute Gasteiger partial charge is 1.00 e. The van der Waals surface area contributed by atoms with Crippen molar-refractivity contribution in [2.45, 2.75) is 77.0 Å². The van der Waals surface area contributed by atoms with Crippen molar-refractivity contribution < 1.29 is 47.3 Å². The second-order valence-electron chi connectivity index (χ2n) is 5.87. The molecule has 7 heteroatoms. The zero-order valence-corrected chi connectivity index (χ0v) is 17.7. The Bertz CT molecular complexity index is 426. The Morgan fingerprint density at radius 2 is 1.61 bits per heavy atom. The van der Waals surface area contributed by atoms with E-state index in [1.165, 1.54) is 32.1 Å². The van der Waals surface area contributed by atoms with E-state index in [0.717, 1.165) is 25.3 Å². The summed E-state index contributed by atoms with van der Waals surface area (Å²) in [4.78, 5) is 11.2. The van der Waals surface area contributed by atoms with Gasteiger partial charge in [0.25, 0.3) is 0 Å². The van der Waals surface area contributed by atoms with Crippen LogP contribution in [0.15, 0.2) is 12.7 Å². The molecule has 0 saturated carbocycles. The second-order valence-corrected chi connectivity index (χ2v) is 7.36. The fourth-order valence-corrected chi connectivity index (χ4v) is 3.42. The van der Waals surface area contributed by atoms with Gasteiger partial charge >= 0.3 is 29.6 Å². The van der Waals surface area contributed by atoms with Crippen LogP contribution in [0.1, 0.15) is 71.6 Å². The molecule has 0 radical (unpaired) electrons. The zero-order chi connectivity index (χ0) is 17.0. The summed E-state index contributed by atoms with van der Waals surface area (Å²) < 4.78 is 33.8. The van der Waals surface area contributed by atoms with E-state index in [1.54, 1.807) is 6.92 Å². The van der Waals surface area contributed by atoms with Gasteiger partial charge in [0.1, 0.15) is 15.5 Å². The summed E-state index contributed by atoms with van der Waals surface area (Å²) in [5.41, 5.74) is 0. The molecule has 1 amide bonds. The van der Waals surface area contributed by atoms with Crippen LogP contribution in [-0.4, -0.2) is 24.3 Å². The standard InChI is InChI=1S/C16H31NO4S.Na/c1-4-6-7-8-9-10-11-12-13-14(3)16(22(19,20)21)17-15(18)5-2;/h5,14,16H,2,4,6-13H2,1,3H3,(H,17,18)(H,19,20,21);/q;+1/p-1. The van der Waals surface area contributed by atoms with Gasteiger partial charge in [-0.3, -0.25) is 4.79 Å². The van der Waals surface area contributed by atoms with Gasteiger partial charge in [-0.2, -0.15) is 0 Å². The Kier molecular flexibility index (Phi) is 15.9. The van der Waals surface area contributed by atoms with Crippen LogP contribution in [-0.2, 0) is 14.9 Å². The second kappa shape index (κ2) is 14.5.